The lowest BCUT2D eigenvalue weighted by molar-refractivity contribution is 0.102. The number of carbonyl (C=O) groups excluding carboxylic acids is 1. The smallest absolute Gasteiger partial charge is 0.259 e. The monoisotopic (exact) mass is 443 g/mol. The molecule has 0 atom stereocenters. The SMILES string of the molecule is O=C(Nc1ccc(N2CCOCC2)c(F)c1)c1cn(-c2ccccc2)nc1-c1cccnc1. The molecule has 2 aromatic carbocycles. The molecule has 2 aromatic heterocycles. The van der Waals surface area contributed by atoms with Gasteiger partial charge in [0.15, 0.2) is 0 Å². The van der Waals surface area contributed by atoms with Gasteiger partial charge in [0.1, 0.15) is 11.5 Å². The Kier molecular flexibility index (Phi) is 5.82. The molecule has 0 spiro atoms. The van der Waals surface area contributed by atoms with Gasteiger partial charge in [-0.1, -0.05) is 18.2 Å². The Bertz CT molecular complexity index is 1250. The average Bonchev–Trinajstić information content (AvgIpc) is 3.32. The molecule has 0 unspecified atom stereocenters. The number of morpholine rings is 1. The molecular formula is C25H22FN5O2. The minimum absolute atomic E-state index is 0.365. The lowest BCUT2D eigenvalue weighted by atomic mass is 10.1. The van der Waals surface area contributed by atoms with Crippen molar-refractivity contribution in [3.05, 3.63) is 90.6 Å². The molecule has 1 aliphatic heterocycles. The standard InChI is InChI=1S/C25H22FN5O2/c26-22-15-19(8-9-23(22)30-11-13-33-14-12-30)28-25(32)21-17-31(20-6-2-1-3-7-20)29-24(21)18-5-4-10-27-16-18/h1-10,15-17H,11-14H2,(H,28,32). The van der Waals surface area contributed by atoms with Crippen LogP contribution in [0.15, 0.2) is 79.3 Å². The second-order valence-electron chi connectivity index (χ2n) is 7.63. The summed E-state index contributed by atoms with van der Waals surface area (Å²) in [4.78, 5) is 19.3. The van der Waals surface area contributed by atoms with E-state index < -0.39 is 0 Å². The Morgan fingerprint density at radius 2 is 1.85 bits per heavy atom. The first kappa shape index (κ1) is 20.8. The number of para-hydroxylation sites is 1. The summed E-state index contributed by atoms with van der Waals surface area (Å²) in [6.07, 6.45) is 4.99. The van der Waals surface area contributed by atoms with Crippen LogP contribution in [0.5, 0.6) is 0 Å². The van der Waals surface area contributed by atoms with Gasteiger partial charge in [-0.25, -0.2) is 9.07 Å². The first-order valence-corrected chi connectivity index (χ1v) is 10.7. The second-order valence-corrected chi connectivity index (χ2v) is 7.63. The molecule has 33 heavy (non-hydrogen) atoms. The van der Waals surface area contributed by atoms with E-state index in [1.807, 2.05) is 41.3 Å². The fourth-order valence-corrected chi connectivity index (χ4v) is 3.81. The molecule has 4 aromatic rings. The predicted octanol–water partition coefficient (Wildman–Crippen LogP) is 4.16. The first-order chi connectivity index (χ1) is 16.2. The minimum atomic E-state index is -0.387. The molecule has 0 aliphatic carbocycles. The summed E-state index contributed by atoms with van der Waals surface area (Å²) in [5.74, 6) is -0.767. The maximum atomic E-state index is 14.8. The summed E-state index contributed by atoms with van der Waals surface area (Å²) in [5, 5.41) is 7.44. The summed E-state index contributed by atoms with van der Waals surface area (Å²) < 4.78 is 21.8. The maximum Gasteiger partial charge on any atom is 0.259 e. The van der Waals surface area contributed by atoms with Crippen LogP contribution in [0.3, 0.4) is 0 Å². The van der Waals surface area contributed by atoms with Gasteiger partial charge in [-0.2, -0.15) is 5.10 Å². The second kappa shape index (κ2) is 9.22. The molecule has 1 amide bonds. The van der Waals surface area contributed by atoms with E-state index >= 15 is 0 Å². The molecule has 0 saturated carbocycles. The molecule has 0 radical (unpaired) electrons. The third kappa shape index (κ3) is 4.47. The highest BCUT2D eigenvalue weighted by Gasteiger charge is 2.20. The summed E-state index contributed by atoms with van der Waals surface area (Å²) in [7, 11) is 0. The van der Waals surface area contributed by atoms with Crippen LogP contribution in [-0.2, 0) is 4.74 Å². The number of anilines is 2. The highest BCUT2D eigenvalue weighted by molar-refractivity contribution is 6.08. The van der Waals surface area contributed by atoms with Gasteiger partial charge in [0.25, 0.3) is 5.91 Å². The highest BCUT2D eigenvalue weighted by Crippen LogP contribution is 2.26. The highest BCUT2D eigenvalue weighted by atomic mass is 19.1. The number of nitrogens with one attached hydrogen (secondary N) is 1. The van der Waals surface area contributed by atoms with Crippen LogP contribution in [-0.4, -0.2) is 47.0 Å². The third-order valence-corrected chi connectivity index (χ3v) is 5.47. The fourth-order valence-electron chi connectivity index (χ4n) is 3.81. The molecule has 7 nitrogen and oxygen atoms in total. The van der Waals surface area contributed by atoms with Gasteiger partial charge < -0.3 is 15.0 Å². The summed E-state index contributed by atoms with van der Waals surface area (Å²) in [6, 6.07) is 17.9. The quantitative estimate of drug-likeness (QED) is 0.502. The number of pyridine rings is 1. The van der Waals surface area contributed by atoms with Crippen LogP contribution < -0.4 is 10.2 Å². The summed E-state index contributed by atoms with van der Waals surface area (Å²) in [6.45, 7) is 2.41. The Balaban J connectivity index is 1.44. The number of halogens is 1. The van der Waals surface area contributed by atoms with Crippen LogP contribution in [0.1, 0.15) is 10.4 Å². The first-order valence-electron chi connectivity index (χ1n) is 10.7. The van der Waals surface area contributed by atoms with E-state index in [0.717, 1.165) is 5.69 Å². The van der Waals surface area contributed by atoms with E-state index in [4.69, 9.17) is 4.74 Å². The average molecular weight is 443 g/mol. The Labute approximate surface area is 190 Å². The lowest BCUT2D eigenvalue weighted by Crippen LogP contribution is -2.36. The van der Waals surface area contributed by atoms with Gasteiger partial charge in [-0.05, 0) is 42.5 Å². The number of amides is 1. The molecule has 3 heterocycles. The Morgan fingerprint density at radius 3 is 2.58 bits per heavy atom. The maximum absolute atomic E-state index is 14.8. The lowest BCUT2D eigenvalue weighted by Gasteiger charge is -2.29. The van der Waals surface area contributed by atoms with Crippen molar-refractivity contribution in [2.24, 2.45) is 0 Å². The van der Waals surface area contributed by atoms with E-state index in [9.17, 15) is 9.18 Å². The summed E-state index contributed by atoms with van der Waals surface area (Å²) >= 11 is 0. The van der Waals surface area contributed by atoms with E-state index in [0.29, 0.717) is 54.5 Å². The number of carbonyl (C=O) groups is 1. The van der Waals surface area contributed by atoms with E-state index in [-0.39, 0.29) is 11.7 Å². The molecule has 1 saturated heterocycles. The van der Waals surface area contributed by atoms with Crippen molar-refractivity contribution < 1.29 is 13.9 Å². The number of hydrogen-bond acceptors (Lipinski definition) is 5. The number of rotatable bonds is 5. The van der Waals surface area contributed by atoms with E-state index in [2.05, 4.69) is 15.4 Å². The molecule has 8 heteroatoms. The predicted molar refractivity (Wildman–Crippen MR) is 124 cm³/mol. The van der Waals surface area contributed by atoms with Gasteiger partial charge in [0.2, 0.25) is 0 Å². The zero-order chi connectivity index (χ0) is 22.6. The van der Waals surface area contributed by atoms with Crippen molar-refractivity contribution in [2.75, 3.05) is 36.5 Å². The molecule has 1 fully saturated rings. The largest absolute Gasteiger partial charge is 0.378 e. The number of nitrogens with zero attached hydrogens (tertiary/aromatic N) is 4. The number of hydrogen-bond donors (Lipinski definition) is 1. The molecule has 5 rings (SSSR count). The third-order valence-electron chi connectivity index (χ3n) is 5.47. The molecule has 166 valence electrons. The zero-order valence-electron chi connectivity index (χ0n) is 17.8. The number of benzene rings is 2. The van der Waals surface area contributed by atoms with Gasteiger partial charge in [0, 0.05) is 42.9 Å². The van der Waals surface area contributed by atoms with Gasteiger partial charge in [0.05, 0.1) is 30.2 Å². The van der Waals surface area contributed by atoms with Crippen LogP contribution in [0.2, 0.25) is 0 Å². The van der Waals surface area contributed by atoms with E-state index in [1.54, 1.807) is 41.5 Å². The number of aromatic nitrogens is 3. The van der Waals surface area contributed by atoms with Crippen molar-refractivity contribution in [1.82, 2.24) is 14.8 Å². The normalized spacial score (nSPS) is 13.7. The van der Waals surface area contributed by atoms with Crippen molar-refractivity contribution >= 4 is 17.3 Å². The van der Waals surface area contributed by atoms with Crippen LogP contribution in [0, 0.1) is 5.82 Å². The zero-order valence-corrected chi connectivity index (χ0v) is 17.8. The molecule has 0 bridgehead atoms. The van der Waals surface area contributed by atoms with Crippen molar-refractivity contribution in [1.29, 1.82) is 0 Å². The van der Waals surface area contributed by atoms with Crippen LogP contribution >= 0.6 is 0 Å². The van der Waals surface area contributed by atoms with Crippen LogP contribution in [0.4, 0.5) is 15.8 Å². The Hall–Kier alpha value is -4.04. The van der Waals surface area contributed by atoms with Gasteiger partial charge in [-0.15, -0.1) is 0 Å². The van der Waals surface area contributed by atoms with Crippen molar-refractivity contribution in [3.63, 3.8) is 0 Å². The number of ether oxygens (including phenoxy) is 1. The van der Waals surface area contributed by atoms with E-state index in [1.165, 1.54) is 6.07 Å². The minimum Gasteiger partial charge on any atom is -0.378 e. The van der Waals surface area contributed by atoms with Crippen LogP contribution in [0.25, 0.3) is 16.9 Å². The fraction of sp³-hybridized carbons (Fsp3) is 0.160. The summed E-state index contributed by atoms with van der Waals surface area (Å²) in [5.41, 5.74) is 3.27. The molecular weight excluding hydrogens is 421 g/mol. The van der Waals surface area contributed by atoms with Gasteiger partial charge >= 0.3 is 0 Å². The Morgan fingerprint density at radius 1 is 1.03 bits per heavy atom. The molecule has 1 N–H and O–H groups in total. The molecule has 1 aliphatic rings. The van der Waals surface area contributed by atoms with Gasteiger partial charge in [-0.3, -0.25) is 9.78 Å². The van der Waals surface area contributed by atoms with Crippen molar-refractivity contribution in [3.8, 4) is 16.9 Å². The topological polar surface area (TPSA) is 72.3 Å². The van der Waals surface area contributed by atoms with Crippen molar-refractivity contribution in [2.45, 2.75) is 0 Å².